The van der Waals surface area contributed by atoms with Gasteiger partial charge in [0.25, 0.3) is 0 Å². The smallest absolute Gasteiger partial charge is 0.161 e. The molecule has 0 aliphatic carbocycles. The van der Waals surface area contributed by atoms with Crippen molar-refractivity contribution in [3.63, 3.8) is 0 Å². The van der Waals surface area contributed by atoms with Crippen LogP contribution in [0.25, 0.3) is 0 Å². The van der Waals surface area contributed by atoms with Gasteiger partial charge in [0, 0.05) is 31.9 Å². The van der Waals surface area contributed by atoms with E-state index >= 15 is 0 Å². The molecule has 2 heterocycles. The second-order valence-electron chi connectivity index (χ2n) is 6.40. The van der Waals surface area contributed by atoms with Crippen molar-refractivity contribution in [2.24, 2.45) is 0 Å². The first-order valence-electron chi connectivity index (χ1n) is 9.44. The van der Waals surface area contributed by atoms with E-state index in [4.69, 9.17) is 9.47 Å². The van der Waals surface area contributed by atoms with E-state index in [9.17, 15) is 0 Å². The summed E-state index contributed by atoms with van der Waals surface area (Å²) in [6, 6.07) is 10.6. The molecule has 1 aliphatic rings. The summed E-state index contributed by atoms with van der Waals surface area (Å²) in [5.41, 5.74) is 1.20. The number of nitrogens with one attached hydrogen (secondary N) is 1. The van der Waals surface area contributed by atoms with Gasteiger partial charge in [0.05, 0.1) is 13.2 Å². The van der Waals surface area contributed by atoms with Crippen molar-refractivity contribution in [3.8, 4) is 11.5 Å². The quantitative estimate of drug-likeness (QED) is 0.784. The molecule has 0 amide bonds. The van der Waals surface area contributed by atoms with E-state index in [1.54, 1.807) is 6.20 Å². The third-order valence-electron chi connectivity index (χ3n) is 4.51. The number of anilines is 1. The van der Waals surface area contributed by atoms with Gasteiger partial charge in [0.15, 0.2) is 17.3 Å². The van der Waals surface area contributed by atoms with E-state index in [-0.39, 0.29) is 0 Å². The molecule has 6 heteroatoms. The summed E-state index contributed by atoms with van der Waals surface area (Å²) in [5, 5.41) is 11.9. The van der Waals surface area contributed by atoms with Gasteiger partial charge in [-0.25, -0.2) is 0 Å². The van der Waals surface area contributed by atoms with Crippen LogP contribution in [-0.4, -0.2) is 42.5 Å². The summed E-state index contributed by atoms with van der Waals surface area (Å²) in [6.07, 6.45) is 4.04. The van der Waals surface area contributed by atoms with Crippen LogP contribution >= 0.6 is 0 Å². The molecule has 0 saturated carbocycles. The van der Waals surface area contributed by atoms with Crippen molar-refractivity contribution in [2.75, 3.05) is 31.2 Å². The summed E-state index contributed by atoms with van der Waals surface area (Å²) in [4.78, 5) is 2.30. The van der Waals surface area contributed by atoms with Gasteiger partial charge in [-0.15, -0.1) is 5.10 Å². The number of rotatable bonds is 8. The molecule has 0 radical (unpaired) electrons. The van der Waals surface area contributed by atoms with Crippen LogP contribution in [0.4, 0.5) is 5.82 Å². The average Bonchev–Trinajstić information content (AvgIpc) is 2.69. The predicted molar refractivity (Wildman–Crippen MR) is 103 cm³/mol. The Morgan fingerprint density at radius 2 is 2.00 bits per heavy atom. The molecule has 0 spiro atoms. The Labute approximate surface area is 155 Å². The number of ether oxygens (including phenoxy) is 2. The highest BCUT2D eigenvalue weighted by Crippen LogP contribution is 2.28. The van der Waals surface area contributed by atoms with Crippen LogP contribution in [0.5, 0.6) is 11.5 Å². The van der Waals surface area contributed by atoms with Gasteiger partial charge in [0.1, 0.15) is 0 Å². The molecular formula is C20H28N4O2. The average molecular weight is 356 g/mol. The number of hydrogen-bond donors (Lipinski definition) is 1. The van der Waals surface area contributed by atoms with Crippen molar-refractivity contribution < 1.29 is 9.47 Å². The van der Waals surface area contributed by atoms with E-state index in [1.165, 1.54) is 12.0 Å². The maximum absolute atomic E-state index is 5.72. The van der Waals surface area contributed by atoms with Crippen LogP contribution < -0.4 is 19.7 Å². The second kappa shape index (κ2) is 9.38. The van der Waals surface area contributed by atoms with E-state index in [2.05, 4.69) is 32.5 Å². The summed E-state index contributed by atoms with van der Waals surface area (Å²) in [6.45, 7) is 8.04. The van der Waals surface area contributed by atoms with Crippen molar-refractivity contribution in [3.05, 3.63) is 42.1 Å². The Morgan fingerprint density at radius 3 is 2.77 bits per heavy atom. The molecule has 1 unspecified atom stereocenters. The zero-order chi connectivity index (χ0) is 18.2. The van der Waals surface area contributed by atoms with Crippen LogP contribution in [0, 0.1) is 0 Å². The van der Waals surface area contributed by atoms with Gasteiger partial charge < -0.3 is 19.7 Å². The van der Waals surface area contributed by atoms with Gasteiger partial charge in [-0.1, -0.05) is 6.07 Å². The van der Waals surface area contributed by atoms with Crippen LogP contribution in [-0.2, 0) is 6.54 Å². The van der Waals surface area contributed by atoms with E-state index in [0.29, 0.717) is 19.3 Å². The molecule has 6 nitrogen and oxygen atoms in total. The van der Waals surface area contributed by atoms with Crippen molar-refractivity contribution >= 4 is 5.82 Å². The topological polar surface area (TPSA) is 59.5 Å². The summed E-state index contributed by atoms with van der Waals surface area (Å²) in [7, 11) is 0. The van der Waals surface area contributed by atoms with Crippen LogP contribution in [0.1, 0.15) is 32.3 Å². The molecule has 1 N–H and O–H groups in total. The van der Waals surface area contributed by atoms with Gasteiger partial charge in [0.2, 0.25) is 0 Å². The third kappa shape index (κ3) is 4.85. The highest BCUT2D eigenvalue weighted by Gasteiger charge is 2.20. The highest BCUT2D eigenvalue weighted by molar-refractivity contribution is 5.43. The Kier molecular flexibility index (Phi) is 6.66. The maximum atomic E-state index is 5.72. The Hall–Kier alpha value is -2.34. The van der Waals surface area contributed by atoms with Gasteiger partial charge in [-0.05, 0) is 56.5 Å². The first-order valence-corrected chi connectivity index (χ1v) is 9.44. The van der Waals surface area contributed by atoms with Crippen molar-refractivity contribution in [1.82, 2.24) is 15.5 Å². The standard InChI is InChI=1S/C20H28N4O2/c1-3-25-18-10-9-16(13-19(18)26-4-2)14-21-17-7-6-12-24(15-17)20-8-5-11-22-23-20/h5,8-11,13,17,21H,3-4,6-7,12,14-15H2,1-2H3. The number of nitrogens with zero attached hydrogens (tertiary/aromatic N) is 3. The number of aromatic nitrogens is 2. The molecule has 26 heavy (non-hydrogen) atoms. The van der Waals surface area contributed by atoms with E-state index in [0.717, 1.165) is 43.4 Å². The minimum atomic E-state index is 0.438. The SMILES string of the molecule is CCOc1ccc(CNC2CCCN(c3cccnn3)C2)cc1OCC. The Morgan fingerprint density at radius 1 is 1.15 bits per heavy atom. The minimum Gasteiger partial charge on any atom is -0.490 e. The normalized spacial score (nSPS) is 17.2. The van der Waals surface area contributed by atoms with Crippen LogP contribution in [0.3, 0.4) is 0 Å². The summed E-state index contributed by atoms with van der Waals surface area (Å²) < 4.78 is 11.4. The van der Waals surface area contributed by atoms with Crippen molar-refractivity contribution in [1.29, 1.82) is 0 Å². The Balaban J connectivity index is 1.58. The molecular weight excluding hydrogens is 328 g/mol. The molecule has 1 aromatic carbocycles. The van der Waals surface area contributed by atoms with Crippen molar-refractivity contribution in [2.45, 2.75) is 39.3 Å². The van der Waals surface area contributed by atoms with Crippen LogP contribution in [0.15, 0.2) is 36.5 Å². The molecule has 1 atom stereocenters. The zero-order valence-corrected chi connectivity index (χ0v) is 15.6. The Bertz CT molecular complexity index is 681. The van der Waals surface area contributed by atoms with Gasteiger partial charge in [-0.3, -0.25) is 0 Å². The third-order valence-corrected chi connectivity index (χ3v) is 4.51. The fourth-order valence-corrected chi connectivity index (χ4v) is 3.28. The molecule has 2 aromatic rings. The minimum absolute atomic E-state index is 0.438. The lowest BCUT2D eigenvalue weighted by Crippen LogP contribution is -2.45. The summed E-state index contributed by atoms with van der Waals surface area (Å²) >= 11 is 0. The molecule has 1 fully saturated rings. The fourth-order valence-electron chi connectivity index (χ4n) is 3.28. The first-order chi connectivity index (χ1) is 12.8. The molecule has 140 valence electrons. The molecule has 1 aromatic heterocycles. The fraction of sp³-hybridized carbons (Fsp3) is 0.500. The van der Waals surface area contributed by atoms with Gasteiger partial charge >= 0.3 is 0 Å². The second-order valence-corrected chi connectivity index (χ2v) is 6.40. The van der Waals surface area contributed by atoms with Gasteiger partial charge in [-0.2, -0.15) is 5.10 Å². The molecule has 0 bridgehead atoms. The largest absolute Gasteiger partial charge is 0.490 e. The lowest BCUT2D eigenvalue weighted by Gasteiger charge is -2.33. The van der Waals surface area contributed by atoms with Crippen LogP contribution in [0.2, 0.25) is 0 Å². The van der Waals surface area contributed by atoms with E-state index in [1.807, 2.05) is 32.0 Å². The lowest BCUT2D eigenvalue weighted by atomic mass is 10.1. The highest BCUT2D eigenvalue weighted by atomic mass is 16.5. The monoisotopic (exact) mass is 356 g/mol. The summed E-state index contributed by atoms with van der Waals surface area (Å²) in [5.74, 6) is 2.58. The number of benzene rings is 1. The predicted octanol–water partition coefficient (Wildman–Crippen LogP) is 3.03. The van der Waals surface area contributed by atoms with E-state index < -0.39 is 0 Å². The first kappa shape index (κ1) is 18.5. The molecule has 1 aliphatic heterocycles. The maximum Gasteiger partial charge on any atom is 0.161 e. The molecule has 1 saturated heterocycles. The number of piperidine rings is 1. The lowest BCUT2D eigenvalue weighted by molar-refractivity contribution is 0.287. The molecule has 3 rings (SSSR count). The number of hydrogen-bond acceptors (Lipinski definition) is 6. The zero-order valence-electron chi connectivity index (χ0n) is 15.6.